The van der Waals surface area contributed by atoms with Crippen LogP contribution in [0.15, 0.2) is 18.2 Å². The summed E-state index contributed by atoms with van der Waals surface area (Å²) < 4.78 is 26.6. The molecule has 0 unspecified atom stereocenters. The molecule has 2 N–H and O–H groups in total. The van der Waals surface area contributed by atoms with Crippen molar-refractivity contribution in [3.05, 3.63) is 35.4 Å². The zero-order valence-electron chi connectivity index (χ0n) is 9.38. The first kappa shape index (κ1) is 15.3. The number of nitrogens with two attached hydrogens (primary N) is 1. The molecule has 0 bridgehead atoms. The lowest BCUT2D eigenvalue weighted by molar-refractivity contribution is 0.498. The van der Waals surface area contributed by atoms with E-state index >= 15 is 0 Å². The van der Waals surface area contributed by atoms with Crippen molar-refractivity contribution in [3.63, 3.8) is 0 Å². The predicted octanol–water partition coefficient (Wildman–Crippen LogP) is 3.97. The first-order valence-corrected chi connectivity index (χ1v) is 5.36. The van der Waals surface area contributed by atoms with E-state index in [9.17, 15) is 8.78 Å². The van der Waals surface area contributed by atoms with E-state index in [1.54, 1.807) is 0 Å². The lowest BCUT2D eigenvalue weighted by Crippen LogP contribution is -2.14. The van der Waals surface area contributed by atoms with Gasteiger partial charge in [0, 0.05) is 11.6 Å². The molecule has 4 heteroatoms. The molecule has 92 valence electrons. The van der Waals surface area contributed by atoms with Crippen LogP contribution in [0, 0.1) is 11.6 Å². The van der Waals surface area contributed by atoms with Gasteiger partial charge in [-0.1, -0.05) is 32.3 Å². The maximum atomic E-state index is 13.3. The van der Waals surface area contributed by atoms with Crippen molar-refractivity contribution in [1.82, 2.24) is 0 Å². The van der Waals surface area contributed by atoms with Crippen LogP contribution in [-0.4, -0.2) is 0 Å². The van der Waals surface area contributed by atoms with Gasteiger partial charge in [0.15, 0.2) is 0 Å². The molecule has 0 amide bonds. The standard InChI is InChI=1S/C12H17F2N.ClH/c1-2-3-4-8-11(15)12-9(13)6-5-7-10(12)14;/h5-7,11H,2-4,8,15H2,1H3;1H/t11-;/m1./s1. The van der Waals surface area contributed by atoms with Gasteiger partial charge in [-0.25, -0.2) is 8.78 Å². The summed E-state index contributed by atoms with van der Waals surface area (Å²) in [6.07, 6.45) is 3.66. The molecular weight excluding hydrogens is 232 g/mol. The van der Waals surface area contributed by atoms with E-state index in [0.717, 1.165) is 19.3 Å². The van der Waals surface area contributed by atoms with Gasteiger partial charge in [0.1, 0.15) is 11.6 Å². The summed E-state index contributed by atoms with van der Waals surface area (Å²) in [6.45, 7) is 2.08. The van der Waals surface area contributed by atoms with E-state index < -0.39 is 17.7 Å². The molecule has 1 atom stereocenters. The van der Waals surface area contributed by atoms with Crippen LogP contribution in [0.2, 0.25) is 0 Å². The number of halogens is 3. The van der Waals surface area contributed by atoms with Gasteiger partial charge < -0.3 is 5.73 Å². The number of unbranched alkanes of at least 4 members (excludes halogenated alkanes) is 2. The zero-order chi connectivity index (χ0) is 11.3. The highest BCUT2D eigenvalue weighted by atomic mass is 35.5. The van der Waals surface area contributed by atoms with Crippen molar-refractivity contribution in [2.24, 2.45) is 5.73 Å². The number of benzene rings is 1. The summed E-state index contributed by atoms with van der Waals surface area (Å²) in [7, 11) is 0. The maximum Gasteiger partial charge on any atom is 0.130 e. The fraction of sp³-hybridized carbons (Fsp3) is 0.500. The number of hydrogen-bond donors (Lipinski definition) is 1. The smallest absolute Gasteiger partial charge is 0.130 e. The molecular formula is C12H18ClF2N. The average molecular weight is 250 g/mol. The van der Waals surface area contributed by atoms with E-state index in [1.165, 1.54) is 18.2 Å². The first-order valence-electron chi connectivity index (χ1n) is 5.36. The van der Waals surface area contributed by atoms with Crippen LogP contribution in [0.1, 0.15) is 44.2 Å². The molecule has 0 aliphatic heterocycles. The number of hydrogen-bond acceptors (Lipinski definition) is 1. The molecule has 0 saturated carbocycles. The first-order chi connectivity index (χ1) is 7.16. The van der Waals surface area contributed by atoms with Crippen LogP contribution in [0.4, 0.5) is 8.78 Å². The minimum atomic E-state index is -0.543. The molecule has 0 fully saturated rings. The summed E-state index contributed by atoms with van der Waals surface area (Å²) in [4.78, 5) is 0. The van der Waals surface area contributed by atoms with Gasteiger partial charge in [-0.05, 0) is 18.6 Å². The van der Waals surface area contributed by atoms with E-state index in [1.807, 2.05) is 0 Å². The average Bonchev–Trinajstić information content (AvgIpc) is 2.18. The molecule has 1 rings (SSSR count). The fourth-order valence-electron chi connectivity index (χ4n) is 1.62. The molecule has 0 saturated heterocycles. The lowest BCUT2D eigenvalue weighted by atomic mass is 10.0. The Morgan fingerprint density at radius 1 is 1.19 bits per heavy atom. The van der Waals surface area contributed by atoms with Gasteiger partial charge in [0.05, 0.1) is 0 Å². The van der Waals surface area contributed by atoms with Crippen LogP contribution in [0.25, 0.3) is 0 Å². The van der Waals surface area contributed by atoms with E-state index in [2.05, 4.69) is 6.92 Å². The van der Waals surface area contributed by atoms with Crippen molar-refractivity contribution in [2.75, 3.05) is 0 Å². The Bertz CT molecular complexity index is 298. The van der Waals surface area contributed by atoms with E-state index in [4.69, 9.17) is 5.73 Å². The SMILES string of the molecule is CCCCC[C@@H](N)c1c(F)cccc1F.Cl. The summed E-state index contributed by atoms with van der Waals surface area (Å²) in [6, 6.07) is 3.32. The topological polar surface area (TPSA) is 26.0 Å². The molecule has 0 aliphatic rings. The largest absolute Gasteiger partial charge is 0.324 e. The minimum Gasteiger partial charge on any atom is -0.324 e. The monoisotopic (exact) mass is 249 g/mol. The van der Waals surface area contributed by atoms with Gasteiger partial charge in [-0.2, -0.15) is 0 Å². The third kappa shape index (κ3) is 4.06. The molecule has 0 aliphatic carbocycles. The second-order valence-corrected chi connectivity index (χ2v) is 3.74. The Hall–Kier alpha value is -0.670. The molecule has 1 aromatic carbocycles. The highest BCUT2D eigenvalue weighted by molar-refractivity contribution is 5.85. The van der Waals surface area contributed by atoms with Crippen LogP contribution in [0.3, 0.4) is 0 Å². The third-order valence-electron chi connectivity index (χ3n) is 2.49. The number of rotatable bonds is 5. The van der Waals surface area contributed by atoms with Crippen LogP contribution < -0.4 is 5.73 Å². The minimum absolute atomic E-state index is 0. The van der Waals surface area contributed by atoms with Crippen molar-refractivity contribution in [1.29, 1.82) is 0 Å². The van der Waals surface area contributed by atoms with Gasteiger partial charge in [0.25, 0.3) is 0 Å². The zero-order valence-corrected chi connectivity index (χ0v) is 10.2. The molecule has 1 nitrogen and oxygen atoms in total. The Labute approximate surface area is 101 Å². The normalized spacial score (nSPS) is 12.0. The second kappa shape index (κ2) is 7.58. The van der Waals surface area contributed by atoms with E-state index in [0.29, 0.717) is 6.42 Å². The molecule has 0 aromatic heterocycles. The van der Waals surface area contributed by atoms with Gasteiger partial charge in [0.2, 0.25) is 0 Å². The molecule has 1 aromatic rings. The molecule has 0 heterocycles. The highest BCUT2D eigenvalue weighted by Gasteiger charge is 2.15. The van der Waals surface area contributed by atoms with Crippen molar-refractivity contribution >= 4 is 12.4 Å². The quantitative estimate of drug-likeness (QED) is 0.786. The third-order valence-corrected chi connectivity index (χ3v) is 2.49. The van der Waals surface area contributed by atoms with Crippen molar-refractivity contribution in [2.45, 2.75) is 38.6 Å². The van der Waals surface area contributed by atoms with Gasteiger partial charge in [-0.3, -0.25) is 0 Å². The Balaban J connectivity index is 0.00000225. The van der Waals surface area contributed by atoms with E-state index in [-0.39, 0.29) is 18.0 Å². The van der Waals surface area contributed by atoms with Crippen LogP contribution in [0.5, 0.6) is 0 Å². The summed E-state index contributed by atoms with van der Waals surface area (Å²) in [5.74, 6) is -1.09. The molecule has 0 spiro atoms. The maximum absolute atomic E-state index is 13.3. The Morgan fingerprint density at radius 3 is 2.25 bits per heavy atom. The summed E-state index contributed by atoms with van der Waals surface area (Å²) in [5, 5.41) is 0. The van der Waals surface area contributed by atoms with Crippen LogP contribution >= 0.6 is 12.4 Å². The molecule has 0 radical (unpaired) electrons. The second-order valence-electron chi connectivity index (χ2n) is 3.74. The molecule has 16 heavy (non-hydrogen) atoms. The fourth-order valence-corrected chi connectivity index (χ4v) is 1.62. The Morgan fingerprint density at radius 2 is 1.75 bits per heavy atom. The highest BCUT2D eigenvalue weighted by Crippen LogP contribution is 2.22. The van der Waals surface area contributed by atoms with Gasteiger partial charge in [-0.15, -0.1) is 12.4 Å². The summed E-state index contributed by atoms with van der Waals surface area (Å²) >= 11 is 0. The van der Waals surface area contributed by atoms with Crippen molar-refractivity contribution < 1.29 is 8.78 Å². The summed E-state index contributed by atoms with van der Waals surface area (Å²) in [5.41, 5.74) is 5.78. The van der Waals surface area contributed by atoms with Crippen molar-refractivity contribution in [3.8, 4) is 0 Å². The van der Waals surface area contributed by atoms with Gasteiger partial charge >= 0.3 is 0 Å². The predicted molar refractivity (Wildman–Crippen MR) is 64.7 cm³/mol. The lowest BCUT2D eigenvalue weighted by Gasteiger charge is -2.13. The Kier molecular flexibility index (Phi) is 7.26. The van der Waals surface area contributed by atoms with Crippen LogP contribution in [-0.2, 0) is 0 Å².